The van der Waals surface area contributed by atoms with E-state index in [-0.39, 0.29) is 10.7 Å². The number of imide groups is 1. The van der Waals surface area contributed by atoms with Crippen LogP contribution in [0.5, 0.6) is 5.75 Å². The summed E-state index contributed by atoms with van der Waals surface area (Å²) in [6.07, 6.45) is -13.4. The van der Waals surface area contributed by atoms with Crippen LogP contribution < -0.4 is 9.64 Å². The van der Waals surface area contributed by atoms with Crippen LogP contribution in [0.15, 0.2) is 42.5 Å². The molecule has 0 fully saturated rings. The van der Waals surface area contributed by atoms with Gasteiger partial charge in [0.25, 0.3) is 11.8 Å². The van der Waals surface area contributed by atoms with E-state index in [0.29, 0.717) is 23.1 Å². The van der Waals surface area contributed by atoms with Crippen molar-refractivity contribution < 1.29 is 53.8 Å². The molecule has 2 aromatic carbocycles. The monoisotopic (exact) mass is 491 g/mol. The van der Waals surface area contributed by atoms with Crippen molar-refractivity contribution >= 4 is 29.1 Å². The molecule has 4 nitrogen and oxygen atoms in total. The number of hydrogen-bond acceptors (Lipinski definition) is 3. The van der Waals surface area contributed by atoms with Crippen molar-refractivity contribution in [1.29, 1.82) is 0 Å². The van der Waals surface area contributed by atoms with E-state index in [2.05, 4.69) is 4.74 Å². The van der Waals surface area contributed by atoms with Crippen LogP contribution >= 0.6 is 11.6 Å². The van der Waals surface area contributed by atoms with Crippen molar-refractivity contribution in [3.05, 3.63) is 58.6 Å². The maximum absolute atomic E-state index is 13.7. The summed E-state index contributed by atoms with van der Waals surface area (Å²) in [5.41, 5.74) is -1.07. The van der Waals surface area contributed by atoms with Gasteiger partial charge in [0.1, 0.15) is 5.75 Å². The molecule has 1 aliphatic heterocycles. The fourth-order valence-electron chi connectivity index (χ4n) is 2.71. The molecule has 1 aliphatic rings. The van der Waals surface area contributed by atoms with Gasteiger partial charge in [0.2, 0.25) is 0 Å². The van der Waals surface area contributed by atoms with Gasteiger partial charge in [0, 0.05) is 5.02 Å². The molecule has 0 aliphatic carbocycles. The number of carbonyl (C=O) groups excluding carboxylic acids is 2. The van der Waals surface area contributed by atoms with Crippen LogP contribution in [-0.2, 0) is 0 Å². The number of rotatable bonds is 5. The first kappa shape index (κ1) is 23.7. The minimum Gasteiger partial charge on any atom is -0.428 e. The molecule has 14 heteroatoms. The second-order valence-corrected chi connectivity index (χ2v) is 6.83. The van der Waals surface area contributed by atoms with Crippen molar-refractivity contribution in [2.75, 3.05) is 4.90 Å². The Bertz CT molecular complexity index is 1100. The van der Waals surface area contributed by atoms with E-state index in [0.717, 1.165) is 0 Å². The summed E-state index contributed by atoms with van der Waals surface area (Å²) in [4.78, 5) is 25.5. The lowest BCUT2D eigenvalue weighted by molar-refractivity contribution is -0.428. The highest BCUT2D eigenvalue weighted by Gasteiger charge is 2.83. The van der Waals surface area contributed by atoms with Crippen LogP contribution in [0.4, 0.5) is 45.2 Å². The van der Waals surface area contributed by atoms with Crippen molar-refractivity contribution in [3.8, 4) is 5.75 Å². The molecule has 0 radical (unpaired) electrons. The predicted molar refractivity (Wildman–Crippen MR) is 90.6 cm³/mol. The topological polar surface area (TPSA) is 46.6 Å². The number of anilines is 1. The normalized spacial score (nSPS) is 15.2. The number of amides is 2. The molecule has 0 atom stereocenters. The van der Waals surface area contributed by atoms with Crippen molar-refractivity contribution in [1.82, 2.24) is 0 Å². The fraction of sp³-hybridized carbons (Fsp3) is 0.222. The van der Waals surface area contributed by atoms with Crippen molar-refractivity contribution in [2.24, 2.45) is 0 Å². The van der Waals surface area contributed by atoms with Gasteiger partial charge in [0.15, 0.2) is 0 Å². The summed E-state index contributed by atoms with van der Waals surface area (Å²) < 4.78 is 120. The summed E-state index contributed by atoms with van der Waals surface area (Å²) in [6, 6.07) is 6.74. The Labute approximate surface area is 177 Å². The molecule has 0 unspecified atom stereocenters. The van der Waals surface area contributed by atoms with E-state index in [1.54, 1.807) is 0 Å². The van der Waals surface area contributed by atoms with Crippen LogP contribution in [0.1, 0.15) is 20.7 Å². The van der Waals surface area contributed by atoms with Gasteiger partial charge < -0.3 is 4.74 Å². The van der Waals surface area contributed by atoms with E-state index >= 15 is 0 Å². The smallest absolute Gasteiger partial charge is 0.428 e. The first-order valence-corrected chi connectivity index (χ1v) is 8.56. The fourth-order valence-corrected chi connectivity index (χ4v) is 2.89. The Morgan fingerprint density at radius 2 is 1.34 bits per heavy atom. The van der Waals surface area contributed by atoms with Gasteiger partial charge in [-0.25, -0.2) is 4.90 Å². The first-order chi connectivity index (χ1) is 14.5. The van der Waals surface area contributed by atoms with E-state index in [9.17, 15) is 49.1 Å². The zero-order valence-electron chi connectivity index (χ0n) is 15.0. The number of benzene rings is 2. The summed E-state index contributed by atoms with van der Waals surface area (Å²) in [5, 5.41) is 0.121. The number of fused-ring (bicyclic) bond motifs is 1. The Morgan fingerprint density at radius 3 is 1.91 bits per heavy atom. The summed E-state index contributed by atoms with van der Waals surface area (Å²) in [6.45, 7) is 0. The van der Waals surface area contributed by atoms with Gasteiger partial charge >= 0.3 is 24.1 Å². The van der Waals surface area contributed by atoms with Gasteiger partial charge in [-0.15, -0.1) is 0 Å². The van der Waals surface area contributed by atoms with Crippen molar-refractivity contribution in [2.45, 2.75) is 24.1 Å². The van der Waals surface area contributed by atoms with E-state index in [1.165, 1.54) is 24.3 Å². The molecule has 0 N–H and O–H groups in total. The molecular formula is C18H7ClF9NO3. The third-order valence-corrected chi connectivity index (χ3v) is 4.52. The van der Waals surface area contributed by atoms with Crippen LogP contribution in [-0.4, -0.2) is 35.9 Å². The molecule has 2 aromatic rings. The highest BCUT2D eigenvalue weighted by molar-refractivity contribution is 6.35. The largest absolute Gasteiger partial charge is 0.471 e. The maximum Gasteiger partial charge on any atom is 0.471 e. The van der Waals surface area contributed by atoms with Crippen LogP contribution in [0.3, 0.4) is 0 Å². The molecule has 0 saturated carbocycles. The minimum atomic E-state index is -7.14. The van der Waals surface area contributed by atoms with Crippen molar-refractivity contribution in [3.63, 3.8) is 0 Å². The minimum absolute atomic E-state index is 0.0344. The van der Waals surface area contributed by atoms with Crippen LogP contribution in [0.2, 0.25) is 5.02 Å². The highest BCUT2D eigenvalue weighted by Crippen LogP contribution is 2.53. The molecule has 0 spiro atoms. The predicted octanol–water partition coefficient (Wildman–Crippen LogP) is 5.95. The van der Waals surface area contributed by atoms with Crippen LogP contribution in [0, 0.1) is 0 Å². The lowest BCUT2D eigenvalue weighted by atomic mass is 10.1. The second-order valence-electron chi connectivity index (χ2n) is 6.40. The zero-order chi connectivity index (χ0) is 24.3. The Hall–Kier alpha value is -2.96. The Morgan fingerprint density at radius 1 is 0.750 bits per heavy atom. The number of halogens is 10. The standard InChI is InChI=1S/C18H7ClF9NO3/c19-8-2-1-3-9(6-8)29-13(30)11-5-4-10(7-12(11)14(29)31)32-18(27,28)16(22,23)15(20,21)17(24,25)26/h1-7H. The third-order valence-electron chi connectivity index (χ3n) is 4.29. The van der Waals surface area contributed by atoms with Gasteiger partial charge in [-0.1, -0.05) is 17.7 Å². The van der Waals surface area contributed by atoms with Crippen LogP contribution in [0.25, 0.3) is 0 Å². The quantitative estimate of drug-likeness (QED) is 0.384. The maximum atomic E-state index is 13.7. The van der Waals surface area contributed by atoms with Gasteiger partial charge in [-0.3, -0.25) is 9.59 Å². The number of alkyl halides is 9. The van der Waals surface area contributed by atoms with Gasteiger partial charge in [0.05, 0.1) is 16.8 Å². The lowest BCUT2D eigenvalue weighted by Gasteiger charge is -2.33. The zero-order valence-corrected chi connectivity index (χ0v) is 15.7. The first-order valence-electron chi connectivity index (χ1n) is 8.19. The Balaban J connectivity index is 1.95. The molecule has 172 valence electrons. The summed E-state index contributed by atoms with van der Waals surface area (Å²) >= 11 is 5.77. The average molecular weight is 492 g/mol. The van der Waals surface area contributed by atoms with Gasteiger partial charge in [-0.2, -0.15) is 39.5 Å². The second kappa shape index (κ2) is 7.29. The summed E-state index contributed by atoms with van der Waals surface area (Å²) in [7, 11) is 0. The number of nitrogens with zero attached hydrogens (tertiary/aromatic N) is 1. The number of ether oxygens (including phenoxy) is 1. The highest BCUT2D eigenvalue weighted by atomic mass is 35.5. The van der Waals surface area contributed by atoms with Gasteiger partial charge in [-0.05, 0) is 36.4 Å². The average Bonchev–Trinajstić information content (AvgIpc) is 2.90. The molecule has 0 bridgehead atoms. The SMILES string of the molecule is O=C1c2ccc(OC(F)(F)C(F)(F)C(F)(F)C(F)(F)F)cc2C(=O)N1c1cccc(Cl)c1. The molecule has 2 amide bonds. The van der Waals surface area contributed by atoms with E-state index in [1.807, 2.05) is 0 Å². The third kappa shape index (κ3) is 3.53. The molecular weight excluding hydrogens is 485 g/mol. The lowest BCUT2D eigenvalue weighted by Crippen LogP contribution is -2.62. The molecule has 3 rings (SSSR count). The summed E-state index contributed by atoms with van der Waals surface area (Å²) in [5.74, 6) is -17.6. The molecule has 1 heterocycles. The number of hydrogen-bond donors (Lipinski definition) is 0. The molecule has 32 heavy (non-hydrogen) atoms. The Kier molecular flexibility index (Phi) is 5.40. The number of carbonyl (C=O) groups is 2. The molecule has 0 aromatic heterocycles. The molecule has 0 saturated heterocycles. The van der Waals surface area contributed by atoms with E-state index in [4.69, 9.17) is 11.6 Å². The van der Waals surface area contributed by atoms with E-state index < -0.39 is 52.8 Å².